The zero-order chi connectivity index (χ0) is 7.68. The molecule has 0 saturated carbocycles. The fourth-order valence-corrected chi connectivity index (χ4v) is 1.67. The second-order valence-corrected chi connectivity index (χ2v) is 3.25. The van der Waals surface area contributed by atoms with Gasteiger partial charge in [-0.15, -0.1) is 4.43 Å². The fraction of sp³-hybridized carbons (Fsp3) is 0.111. The van der Waals surface area contributed by atoms with E-state index in [1.54, 1.807) is 0 Å². The van der Waals surface area contributed by atoms with Crippen LogP contribution in [0.4, 0.5) is 5.69 Å². The summed E-state index contributed by atoms with van der Waals surface area (Å²) in [5.41, 5.74) is 2.63. The van der Waals surface area contributed by atoms with Crippen molar-refractivity contribution >= 4 is 26.4 Å². The zero-order valence-electron chi connectivity index (χ0n) is 6.17. The number of hydrogen-bond acceptors (Lipinski definition) is 1. The minimum atomic E-state index is 1.05. The molecule has 0 atom stereocenters. The summed E-state index contributed by atoms with van der Waals surface area (Å²) >= 11 is 2.73. The summed E-state index contributed by atoms with van der Waals surface area (Å²) in [6.45, 7) is 0. The Labute approximate surface area is 74.5 Å². The van der Waals surface area contributed by atoms with Gasteiger partial charge in [0.2, 0.25) is 0 Å². The van der Waals surface area contributed by atoms with Crippen molar-refractivity contribution in [1.82, 2.24) is 0 Å². The molecule has 1 aliphatic heterocycles. The summed E-state index contributed by atoms with van der Waals surface area (Å²) in [6, 6.07) is 6.33. The van der Waals surface area contributed by atoms with Gasteiger partial charge in [-0.3, -0.25) is 0 Å². The molecule has 1 nitrogen and oxygen atoms in total. The zero-order valence-corrected chi connectivity index (χ0v) is 7.33. The summed E-state index contributed by atoms with van der Waals surface area (Å²) in [5.74, 6) is 0. The van der Waals surface area contributed by atoms with E-state index < -0.39 is 0 Å². The van der Waals surface area contributed by atoms with Gasteiger partial charge in [-0.2, -0.15) is 0 Å². The van der Waals surface area contributed by atoms with E-state index in [2.05, 4.69) is 45.9 Å². The largest absolute Gasteiger partial charge is 0.363 e. The van der Waals surface area contributed by atoms with Gasteiger partial charge in [-0.1, -0.05) is 24.3 Å². The third-order valence-corrected chi connectivity index (χ3v) is 2.35. The fourth-order valence-electron chi connectivity index (χ4n) is 1.29. The molecule has 0 amide bonds. The number of fused-ring (bicyclic) bond motifs is 1. The number of para-hydroxylation sites is 1. The number of rotatable bonds is 0. The molecule has 1 heterocycles. The minimum absolute atomic E-state index is 1.05. The lowest BCUT2D eigenvalue weighted by Crippen LogP contribution is -2.13. The van der Waals surface area contributed by atoms with Crippen LogP contribution in [0.25, 0.3) is 0 Å². The maximum Gasteiger partial charge on any atom is 0.179 e. The summed E-state index contributed by atoms with van der Waals surface area (Å²) < 4.78 is 1.24. The lowest BCUT2D eigenvalue weighted by atomic mass is 10.1. The molecule has 2 heteroatoms. The van der Waals surface area contributed by atoms with Crippen molar-refractivity contribution in [2.45, 2.75) is 6.42 Å². The van der Waals surface area contributed by atoms with Gasteiger partial charge < -0.3 is 5.32 Å². The summed E-state index contributed by atoms with van der Waals surface area (Å²) in [5, 5.41) is 3.23. The van der Waals surface area contributed by atoms with Gasteiger partial charge >= 0.3 is 0 Å². The van der Waals surface area contributed by atoms with Crippen LogP contribution >= 0.6 is 0 Å². The Morgan fingerprint density at radius 2 is 2.27 bits per heavy atom. The van der Waals surface area contributed by atoms with Crippen LogP contribution in [-0.2, 0) is 6.42 Å². The molecule has 0 spiro atoms. The van der Waals surface area contributed by atoms with Crippen LogP contribution in [0.1, 0.15) is 5.56 Å². The van der Waals surface area contributed by atoms with E-state index in [1.165, 1.54) is 15.7 Å². The highest BCUT2D eigenvalue weighted by Crippen LogP contribution is 2.16. The van der Waals surface area contributed by atoms with Crippen LogP contribution in [0.3, 0.4) is 0 Å². The summed E-state index contributed by atoms with van der Waals surface area (Å²) in [7, 11) is 0. The Morgan fingerprint density at radius 3 is 3.09 bits per heavy atom. The first kappa shape index (κ1) is 6.97. The molecule has 1 N–H and O–H groups in total. The highest BCUT2D eigenvalue weighted by atomic mass is 27.0. The van der Waals surface area contributed by atoms with Crippen molar-refractivity contribution in [3.63, 3.8) is 0 Å². The van der Waals surface area contributed by atoms with Gasteiger partial charge in [-0.25, -0.2) is 0 Å². The van der Waals surface area contributed by atoms with Crippen molar-refractivity contribution in [3.8, 4) is 0 Å². The molecule has 0 bridgehead atoms. The molecule has 1 aromatic carbocycles. The standard InChI is InChI=1S/C9H8N.Al/c1-2-6-9-8(4-1)5-3-7-10-9;/h1-4,7,10H,5H2;. The molecular weight excluding hydrogens is 149 g/mol. The first-order chi connectivity index (χ1) is 5.38. The summed E-state index contributed by atoms with van der Waals surface area (Å²) in [4.78, 5) is 0. The van der Waals surface area contributed by atoms with Crippen LogP contribution in [0.15, 0.2) is 30.5 Å². The third kappa shape index (κ3) is 1.20. The lowest BCUT2D eigenvalue weighted by Gasteiger charge is -2.15. The Kier molecular flexibility index (Phi) is 1.73. The second kappa shape index (κ2) is 2.73. The van der Waals surface area contributed by atoms with E-state index in [9.17, 15) is 0 Å². The van der Waals surface area contributed by atoms with Crippen LogP contribution in [0.2, 0.25) is 0 Å². The lowest BCUT2D eigenvalue weighted by molar-refractivity contribution is 1.23. The number of benzene rings is 1. The van der Waals surface area contributed by atoms with Gasteiger partial charge in [0.25, 0.3) is 0 Å². The average Bonchev–Trinajstić information content (AvgIpc) is 2.06. The molecule has 11 heavy (non-hydrogen) atoms. The van der Waals surface area contributed by atoms with Crippen molar-refractivity contribution in [1.29, 1.82) is 0 Å². The van der Waals surface area contributed by atoms with E-state index in [0.29, 0.717) is 0 Å². The predicted molar refractivity (Wildman–Crippen MR) is 48.3 cm³/mol. The highest BCUT2D eigenvalue weighted by Gasteiger charge is 2.03. The third-order valence-electron chi connectivity index (χ3n) is 1.87. The summed E-state index contributed by atoms with van der Waals surface area (Å²) in [6.07, 6.45) is 5.17. The molecule has 2 radical (unpaired) electrons. The van der Waals surface area contributed by atoms with Crippen LogP contribution in [0.5, 0.6) is 0 Å². The maximum atomic E-state index is 3.23. The number of anilines is 1. The second-order valence-electron chi connectivity index (χ2n) is 2.63. The average molecular weight is 157 g/mol. The van der Waals surface area contributed by atoms with E-state index in [1.807, 2.05) is 6.20 Å². The van der Waals surface area contributed by atoms with Gasteiger partial charge in [0.15, 0.2) is 16.3 Å². The molecule has 0 fully saturated rings. The quantitative estimate of drug-likeness (QED) is 0.553. The molecule has 0 aromatic heterocycles. The van der Waals surface area contributed by atoms with Gasteiger partial charge in [0.1, 0.15) is 0 Å². The molecule has 52 valence electrons. The predicted octanol–water partition coefficient (Wildman–Crippen LogP) is 0.962. The molecular formula is C9H8AlN. The Morgan fingerprint density at radius 1 is 1.36 bits per heavy atom. The molecule has 2 rings (SSSR count). The smallest absolute Gasteiger partial charge is 0.179 e. The Bertz CT molecular complexity index is 304. The SMILES string of the molecule is [Al][c]1cccc2c1NC=CC2. The van der Waals surface area contributed by atoms with Crippen molar-refractivity contribution in [2.75, 3.05) is 5.32 Å². The number of hydrogen-bond donors (Lipinski definition) is 1. The van der Waals surface area contributed by atoms with E-state index in [4.69, 9.17) is 0 Å². The van der Waals surface area contributed by atoms with E-state index in [-0.39, 0.29) is 0 Å². The first-order valence-electron chi connectivity index (χ1n) is 3.67. The van der Waals surface area contributed by atoms with Crippen molar-refractivity contribution in [2.24, 2.45) is 0 Å². The molecule has 1 aliphatic rings. The number of nitrogens with one attached hydrogen (secondary N) is 1. The Hall–Kier alpha value is -0.708. The normalized spacial score (nSPS) is 13.8. The van der Waals surface area contributed by atoms with E-state index >= 15 is 0 Å². The van der Waals surface area contributed by atoms with Crippen LogP contribution in [0, 0.1) is 0 Å². The van der Waals surface area contributed by atoms with Crippen molar-refractivity contribution in [3.05, 3.63) is 36.0 Å². The van der Waals surface area contributed by atoms with Gasteiger partial charge in [-0.05, 0) is 18.2 Å². The topological polar surface area (TPSA) is 12.0 Å². The van der Waals surface area contributed by atoms with Crippen molar-refractivity contribution < 1.29 is 0 Å². The highest BCUT2D eigenvalue weighted by molar-refractivity contribution is 6.36. The maximum absolute atomic E-state index is 3.23. The monoisotopic (exact) mass is 157 g/mol. The van der Waals surface area contributed by atoms with Gasteiger partial charge in [0.05, 0.1) is 0 Å². The molecule has 0 aliphatic carbocycles. The van der Waals surface area contributed by atoms with Crippen LogP contribution < -0.4 is 9.74 Å². The molecule has 0 saturated heterocycles. The molecule has 0 unspecified atom stereocenters. The number of allylic oxidation sites excluding steroid dienone is 1. The van der Waals surface area contributed by atoms with Gasteiger partial charge in [0, 0.05) is 5.69 Å². The minimum Gasteiger partial charge on any atom is -0.363 e. The van der Waals surface area contributed by atoms with E-state index in [0.717, 1.165) is 6.42 Å². The first-order valence-corrected chi connectivity index (χ1v) is 4.24. The Balaban J connectivity index is 2.54. The molecule has 1 aromatic rings. The van der Waals surface area contributed by atoms with Crippen LogP contribution in [-0.4, -0.2) is 16.3 Å².